The Labute approximate surface area is 94.4 Å². The monoisotopic (exact) mass is 264 g/mol. The third-order valence-electron chi connectivity index (χ3n) is 1.73. The van der Waals surface area contributed by atoms with E-state index in [-0.39, 0.29) is 11.2 Å². The molecular formula is C8H12N2O4S2. The average Bonchev–Trinajstić information content (AvgIpc) is 2.16. The maximum absolute atomic E-state index is 11.6. The summed E-state index contributed by atoms with van der Waals surface area (Å²) >= 11 is 0. The molecule has 0 radical (unpaired) electrons. The molecule has 0 aliphatic heterocycles. The van der Waals surface area contributed by atoms with Gasteiger partial charge in [-0.25, -0.2) is 20.8 Å². The molecule has 0 fully saturated rings. The zero-order chi connectivity index (χ0) is 12.4. The Kier molecular flexibility index (Phi) is 3.54. The molecule has 0 amide bonds. The highest BCUT2D eigenvalue weighted by Gasteiger charge is 2.10. The lowest BCUT2D eigenvalue weighted by molar-refractivity contribution is 0.585. The van der Waals surface area contributed by atoms with E-state index in [1.54, 1.807) is 0 Å². The molecular weight excluding hydrogens is 252 g/mol. The lowest BCUT2D eigenvalue weighted by Gasteiger charge is -2.05. The molecule has 1 rings (SSSR count). The smallest absolute Gasteiger partial charge is 0.228 e. The first kappa shape index (κ1) is 12.9. The summed E-state index contributed by atoms with van der Waals surface area (Å²) in [6.07, 6.45) is 2.17. The van der Waals surface area contributed by atoms with E-state index in [9.17, 15) is 16.8 Å². The van der Waals surface area contributed by atoms with Crippen LogP contribution in [0.3, 0.4) is 0 Å². The molecule has 8 heteroatoms. The molecule has 0 aliphatic rings. The summed E-state index contributed by atoms with van der Waals surface area (Å²) in [5, 5.41) is 0. The van der Waals surface area contributed by atoms with E-state index in [4.69, 9.17) is 0 Å². The van der Waals surface area contributed by atoms with Crippen molar-refractivity contribution >= 4 is 20.0 Å². The lowest BCUT2D eigenvalue weighted by Crippen LogP contribution is -2.29. The zero-order valence-electron chi connectivity index (χ0n) is 8.86. The highest BCUT2D eigenvalue weighted by atomic mass is 32.2. The van der Waals surface area contributed by atoms with Crippen LogP contribution in [0, 0.1) is 0 Å². The normalized spacial score (nSPS) is 14.0. The number of nitrogens with zero attached hydrogens (tertiary/aromatic N) is 2. The summed E-state index contributed by atoms with van der Waals surface area (Å²) in [7, 11) is -7.17. The van der Waals surface area contributed by atoms with Gasteiger partial charge in [0, 0.05) is 6.20 Å². The van der Waals surface area contributed by atoms with Crippen molar-refractivity contribution in [3.63, 3.8) is 0 Å². The van der Waals surface area contributed by atoms with Crippen LogP contribution in [0.2, 0.25) is 0 Å². The van der Waals surface area contributed by atoms with Gasteiger partial charge in [-0.05, 0) is 19.1 Å². The molecule has 0 spiro atoms. The Bertz CT molecular complexity index is 641. The average molecular weight is 264 g/mol. The molecule has 0 unspecified atom stereocenters. The van der Waals surface area contributed by atoms with Crippen LogP contribution in [-0.4, -0.2) is 32.8 Å². The van der Waals surface area contributed by atoms with Gasteiger partial charge in [-0.1, -0.05) is 6.07 Å². The van der Waals surface area contributed by atoms with E-state index in [0.29, 0.717) is 0 Å². The highest BCUT2D eigenvalue weighted by Crippen LogP contribution is 1.93. The van der Waals surface area contributed by atoms with Gasteiger partial charge in [0.05, 0.1) is 12.0 Å². The van der Waals surface area contributed by atoms with Crippen molar-refractivity contribution in [1.82, 2.24) is 3.97 Å². The van der Waals surface area contributed by atoms with E-state index in [2.05, 4.69) is 4.40 Å². The van der Waals surface area contributed by atoms with Gasteiger partial charge in [0.2, 0.25) is 10.0 Å². The van der Waals surface area contributed by atoms with Crippen molar-refractivity contribution in [3.8, 4) is 0 Å². The predicted octanol–water partition coefficient (Wildman–Crippen LogP) is -0.454. The molecule has 1 heterocycles. The Hall–Kier alpha value is -1.15. The van der Waals surface area contributed by atoms with E-state index in [1.165, 1.54) is 31.3 Å². The first-order chi connectivity index (χ1) is 7.26. The van der Waals surface area contributed by atoms with Gasteiger partial charge in [0.1, 0.15) is 0 Å². The molecule has 1 aromatic rings. The first-order valence-corrected chi connectivity index (χ1v) is 7.89. The fraction of sp³-hybridized carbons (Fsp3) is 0.375. The van der Waals surface area contributed by atoms with Crippen molar-refractivity contribution < 1.29 is 16.8 Å². The highest BCUT2D eigenvalue weighted by molar-refractivity contribution is 7.90. The molecule has 16 heavy (non-hydrogen) atoms. The minimum absolute atomic E-state index is 0.119. The quantitative estimate of drug-likeness (QED) is 0.739. The summed E-state index contributed by atoms with van der Waals surface area (Å²) < 4.78 is 49.4. The standard InChI is InChI=1S/C8H12N2O4S2/c1-3-16(13,14)10-7-5-4-6-8(10)9-15(2,11)12/h4-7H,3H2,1-2H3. The van der Waals surface area contributed by atoms with E-state index in [0.717, 1.165) is 10.2 Å². The van der Waals surface area contributed by atoms with Gasteiger partial charge in [0.15, 0.2) is 5.49 Å². The number of hydrogen-bond donors (Lipinski definition) is 0. The van der Waals surface area contributed by atoms with E-state index in [1.807, 2.05) is 0 Å². The fourth-order valence-corrected chi connectivity index (χ4v) is 2.50. The van der Waals surface area contributed by atoms with Crippen molar-refractivity contribution in [1.29, 1.82) is 0 Å². The van der Waals surface area contributed by atoms with Gasteiger partial charge in [-0.3, -0.25) is 0 Å². The SMILES string of the molecule is CCS(=O)(=O)n1ccccc1=NS(C)(=O)=O. The van der Waals surface area contributed by atoms with Crippen molar-refractivity contribution in [2.24, 2.45) is 4.40 Å². The minimum atomic E-state index is -3.63. The molecule has 0 atom stereocenters. The maximum Gasteiger partial charge on any atom is 0.252 e. The predicted molar refractivity (Wildman–Crippen MR) is 59.7 cm³/mol. The van der Waals surface area contributed by atoms with Crippen LogP contribution >= 0.6 is 0 Å². The molecule has 0 bridgehead atoms. The Morgan fingerprint density at radius 2 is 1.88 bits per heavy atom. The van der Waals surface area contributed by atoms with Gasteiger partial charge in [-0.2, -0.15) is 0 Å². The molecule has 0 aromatic carbocycles. The van der Waals surface area contributed by atoms with E-state index < -0.39 is 20.0 Å². The molecule has 6 nitrogen and oxygen atoms in total. The third kappa shape index (κ3) is 3.17. The maximum atomic E-state index is 11.6. The summed E-state index contributed by atoms with van der Waals surface area (Å²) in [4.78, 5) is 0. The molecule has 1 aromatic heterocycles. The number of pyridine rings is 1. The lowest BCUT2D eigenvalue weighted by atomic mass is 10.5. The van der Waals surface area contributed by atoms with Crippen molar-refractivity contribution in [3.05, 3.63) is 29.9 Å². The van der Waals surface area contributed by atoms with Gasteiger partial charge in [0.25, 0.3) is 10.0 Å². The van der Waals surface area contributed by atoms with Crippen LogP contribution in [0.15, 0.2) is 28.8 Å². The second-order valence-electron chi connectivity index (χ2n) is 3.08. The van der Waals surface area contributed by atoms with Gasteiger partial charge < -0.3 is 0 Å². The largest absolute Gasteiger partial charge is 0.252 e. The molecule has 0 saturated heterocycles. The number of sulfonamides is 1. The van der Waals surface area contributed by atoms with Crippen LogP contribution in [0.25, 0.3) is 0 Å². The van der Waals surface area contributed by atoms with Crippen LogP contribution in [0.4, 0.5) is 0 Å². The molecule has 90 valence electrons. The topological polar surface area (TPSA) is 85.6 Å². The first-order valence-electron chi connectivity index (χ1n) is 4.43. The van der Waals surface area contributed by atoms with Gasteiger partial charge >= 0.3 is 0 Å². The Morgan fingerprint density at radius 1 is 1.25 bits per heavy atom. The minimum Gasteiger partial charge on any atom is -0.228 e. The Morgan fingerprint density at radius 3 is 2.38 bits per heavy atom. The number of aromatic nitrogens is 1. The molecule has 0 N–H and O–H groups in total. The number of rotatable bonds is 3. The zero-order valence-corrected chi connectivity index (χ0v) is 10.5. The second-order valence-corrected chi connectivity index (χ2v) is 6.86. The fourth-order valence-electron chi connectivity index (χ4n) is 1.03. The van der Waals surface area contributed by atoms with Crippen LogP contribution in [-0.2, 0) is 20.0 Å². The third-order valence-corrected chi connectivity index (χ3v) is 3.88. The van der Waals surface area contributed by atoms with E-state index >= 15 is 0 Å². The second kappa shape index (κ2) is 4.38. The molecule has 0 saturated carbocycles. The van der Waals surface area contributed by atoms with Crippen molar-refractivity contribution in [2.75, 3.05) is 12.0 Å². The summed E-state index contributed by atoms with van der Waals surface area (Å²) in [5.41, 5.74) is -0.119. The van der Waals surface area contributed by atoms with Crippen LogP contribution in [0.5, 0.6) is 0 Å². The van der Waals surface area contributed by atoms with Gasteiger partial charge in [-0.15, -0.1) is 4.40 Å². The van der Waals surface area contributed by atoms with Crippen LogP contribution < -0.4 is 5.49 Å². The summed E-state index contributed by atoms with van der Waals surface area (Å²) in [6.45, 7) is 1.47. The Balaban J connectivity index is 3.63. The number of hydrogen-bond acceptors (Lipinski definition) is 4. The summed E-state index contributed by atoms with van der Waals surface area (Å²) in [5.74, 6) is -0.131. The summed E-state index contributed by atoms with van der Waals surface area (Å²) in [6, 6.07) is 4.34. The van der Waals surface area contributed by atoms with Crippen molar-refractivity contribution in [2.45, 2.75) is 6.92 Å². The molecule has 0 aliphatic carbocycles. The van der Waals surface area contributed by atoms with Crippen LogP contribution in [0.1, 0.15) is 6.92 Å².